The first-order valence-corrected chi connectivity index (χ1v) is 11.3. The summed E-state index contributed by atoms with van der Waals surface area (Å²) in [5, 5.41) is 4.88. The largest absolute Gasteiger partial charge is 0.361 e. The highest BCUT2D eigenvalue weighted by molar-refractivity contribution is 6.02. The van der Waals surface area contributed by atoms with E-state index in [0.29, 0.717) is 17.1 Å². The summed E-state index contributed by atoms with van der Waals surface area (Å²) in [5.74, 6) is 0. The molecule has 1 heterocycles. The van der Waals surface area contributed by atoms with E-state index in [1.165, 1.54) is 15.9 Å². The molecule has 36 heavy (non-hydrogen) atoms. The van der Waals surface area contributed by atoms with Crippen molar-refractivity contribution >= 4 is 17.4 Å². The van der Waals surface area contributed by atoms with Crippen LogP contribution in [0.1, 0.15) is 0 Å². The van der Waals surface area contributed by atoms with Crippen molar-refractivity contribution in [1.82, 2.24) is 20.1 Å². The van der Waals surface area contributed by atoms with Crippen molar-refractivity contribution in [2.24, 2.45) is 0 Å². The number of hydrogen-bond donors (Lipinski definition) is 2. The standard InChI is InChI=1S/C28H22FN5O2/c29-18-30-28(36)34(22-11-5-2-6-12-22)25-16-15-21(17-26(25)33-19-31-27(35)32-33)24-14-8-7-13-23(24)20-9-3-1-4-10-20/h1-17,19H,18H2,(H,30,36)(H,32,35). The molecule has 0 saturated carbocycles. The highest BCUT2D eigenvalue weighted by Crippen LogP contribution is 2.37. The van der Waals surface area contributed by atoms with Gasteiger partial charge < -0.3 is 5.32 Å². The molecule has 0 fully saturated rings. The number of carbonyl (C=O) groups is 1. The zero-order chi connectivity index (χ0) is 24.9. The Balaban J connectivity index is 1.72. The summed E-state index contributed by atoms with van der Waals surface area (Å²) in [6.07, 6.45) is 1.35. The summed E-state index contributed by atoms with van der Waals surface area (Å²) in [6.45, 7) is -1.03. The molecule has 2 amide bonds. The Hall–Kier alpha value is -4.98. The normalized spacial score (nSPS) is 10.7. The van der Waals surface area contributed by atoms with E-state index in [0.717, 1.165) is 22.3 Å². The number of aromatic amines is 1. The summed E-state index contributed by atoms with van der Waals surface area (Å²) in [6, 6.07) is 31.8. The molecule has 0 aliphatic heterocycles. The number of aromatic nitrogens is 3. The Morgan fingerprint density at radius 3 is 2.14 bits per heavy atom. The van der Waals surface area contributed by atoms with Gasteiger partial charge in [0.15, 0.2) is 6.80 Å². The van der Waals surface area contributed by atoms with Crippen LogP contribution in [0.3, 0.4) is 0 Å². The van der Waals surface area contributed by atoms with Gasteiger partial charge in [-0.3, -0.25) is 4.90 Å². The van der Waals surface area contributed by atoms with Crippen LogP contribution in [0.25, 0.3) is 27.9 Å². The van der Waals surface area contributed by atoms with Crippen LogP contribution < -0.4 is 15.9 Å². The maximum atomic E-state index is 13.1. The van der Waals surface area contributed by atoms with Gasteiger partial charge in [-0.15, -0.1) is 0 Å². The summed E-state index contributed by atoms with van der Waals surface area (Å²) in [4.78, 5) is 30.1. The van der Waals surface area contributed by atoms with E-state index in [1.54, 1.807) is 30.3 Å². The molecule has 7 nitrogen and oxygen atoms in total. The maximum Gasteiger partial charge on any atom is 0.361 e. The van der Waals surface area contributed by atoms with Crippen molar-refractivity contribution < 1.29 is 9.18 Å². The third kappa shape index (κ3) is 4.52. The molecule has 0 aliphatic rings. The Morgan fingerprint density at radius 2 is 1.50 bits per heavy atom. The molecule has 178 valence electrons. The van der Waals surface area contributed by atoms with Crippen LogP contribution in [-0.2, 0) is 0 Å². The fourth-order valence-corrected chi connectivity index (χ4v) is 4.15. The van der Waals surface area contributed by atoms with E-state index in [1.807, 2.05) is 72.8 Å². The van der Waals surface area contributed by atoms with Crippen molar-refractivity contribution in [3.05, 3.63) is 120 Å². The maximum absolute atomic E-state index is 13.1. The summed E-state index contributed by atoms with van der Waals surface area (Å²) in [5.41, 5.74) is 4.85. The van der Waals surface area contributed by atoms with Gasteiger partial charge >= 0.3 is 11.7 Å². The summed E-state index contributed by atoms with van der Waals surface area (Å²) >= 11 is 0. The minimum absolute atomic E-state index is 0.432. The van der Waals surface area contributed by atoms with Crippen molar-refractivity contribution in [3.8, 4) is 27.9 Å². The van der Waals surface area contributed by atoms with Gasteiger partial charge in [-0.25, -0.2) is 23.8 Å². The average Bonchev–Trinajstić information content (AvgIpc) is 3.36. The Labute approximate surface area is 206 Å². The quantitative estimate of drug-likeness (QED) is 0.308. The molecular formula is C28H22FN5O2. The predicted molar refractivity (Wildman–Crippen MR) is 138 cm³/mol. The highest BCUT2D eigenvalue weighted by atomic mass is 19.1. The lowest BCUT2D eigenvalue weighted by Crippen LogP contribution is -2.37. The second-order valence-electron chi connectivity index (χ2n) is 7.93. The first-order chi connectivity index (χ1) is 17.7. The molecule has 0 atom stereocenters. The molecule has 8 heteroatoms. The van der Waals surface area contributed by atoms with Crippen LogP contribution >= 0.6 is 0 Å². The van der Waals surface area contributed by atoms with Crippen LogP contribution in [0.2, 0.25) is 0 Å². The van der Waals surface area contributed by atoms with E-state index in [2.05, 4.69) is 15.4 Å². The first-order valence-electron chi connectivity index (χ1n) is 11.3. The zero-order valence-electron chi connectivity index (χ0n) is 19.1. The minimum atomic E-state index is -1.03. The lowest BCUT2D eigenvalue weighted by atomic mass is 9.94. The SMILES string of the molecule is O=C(NCF)N(c1ccccc1)c1ccc(-c2ccccc2-c2ccccc2)cc1-n1cnc(=O)[nH]1. The molecule has 0 bridgehead atoms. The Kier molecular flexibility index (Phi) is 6.40. The Bertz CT molecular complexity index is 1550. The third-order valence-corrected chi connectivity index (χ3v) is 5.74. The van der Waals surface area contributed by atoms with E-state index >= 15 is 0 Å². The molecule has 0 radical (unpaired) electrons. The summed E-state index contributed by atoms with van der Waals surface area (Å²) < 4.78 is 14.6. The van der Waals surface area contributed by atoms with Crippen molar-refractivity contribution in [2.45, 2.75) is 0 Å². The number of nitrogens with one attached hydrogen (secondary N) is 2. The van der Waals surface area contributed by atoms with Crippen LogP contribution in [0.5, 0.6) is 0 Å². The molecule has 0 spiro atoms. The average molecular weight is 480 g/mol. The van der Waals surface area contributed by atoms with E-state index in [9.17, 15) is 14.0 Å². The van der Waals surface area contributed by atoms with Crippen LogP contribution in [-0.4, -0.2) is 27.6 Å². The van der Waals surface area contributed by atoms with Gasteiger partial charge in [0.05, 0.1) is 17.1 Å². The van der Waals surface area contributed by atoms with E-state index < -0.39 is 18.5 Å². The van der Waals surface area contributed by atoms with Crippen LogP contribution in [0, 0.1) is 0 Å². The second-order valence-corrected chi connectivity index (χ2v) is 7.93. The topological polar surface area (TPSA) is 83.0 Å². The van der Waals surface area contributed by atoms with Gasteiger partial charge in [0.2, 0.25) is 0 Å². The number of alkyl halides is 1. The number of halogens is 1. The smallest absolute Gasteiger partial charge is 0.310 e. The van der Waals surface area contributed by atoms with Crippen LogP contribution in [0.15, 0.2) is 114 Å². The van der Waals surface area contributed by atoms with E-state index in [4.69, 9.17) is 0 Å². The number of benzene rings is 4. The van der Waals surface area contributed by atoms with Crippen molar-refractivity contribution in [3.63, 3.8) is 0 Å². The number of hydrogen-bond acceptors (Lipinski definition) is 3. The number of urea groups is 1. The monoisotopic (exact) mass is 479 g/mol. The molecule has 2 N–H and O–H groups in total. The van der Waals surface area contributed by atoms with Gasteiger partial charge in [-0.2, -0.15) is 4.98 Å². The van der Waals surface area contributed by atoms with Gasteiger partial charge in [-0.05, 0) is 46.5 Å². The van der Waals surface area contributed by atoms with Gasteiger partial charge in [-0.1, -0.05) is 78.9 Å². The second kappa shape index (κ2) is 10.1. The lowest BCUT2D eigenvalue weighted by molar-refractivity contribution is 0.243. The molecule has 1 aromatic heterocycles. The highest BCUT2D eigenvalue weighted by Gasteiger charge is 2.23. The van der Waals surface area contributed by atoms with Gasteiger partial charge in [0, 0.05) is 0 Å². The third-order valence-electron chi connectivity index (χ3n) is 5.74. The molecule has 5 rings (SSSR count). The molecule has 0 saturated heterocycles. The van der Waals surface area contributed by atoms with Crippen molar-refractivity contribution in [1.29, 1.82) is 0 Å². The molecular weight excluding hydrogens is 457 g/mol. The van der Waals surface area contributed by atoms with Gasteiger partial charge in [0.25, 0.3) is 0 Å². The molecule has 0 unspecified atom stereocenters. The number of amides is 2. The van der Waals surface area contributed by atoms with Crippen LogP contribution in [0.4, 0.5) is 20.6 Å². The number of rotatable bonds is 6. The lowest BCUT2D eigenvalue weighted by Gasteiger charge is -2.26. The number of carbonyl (C=O) groups excluding carboxylic acids is 1. The number of anilines is 2. The number of nitrogens with zero attached hydrogens (tertiary/aromatic N) is 3. The van der Waals surface area contributed by atoms with Crippen molar-refractivity contribution in [2.75, 3.05) is 11.7 Å². The zero-order valence-corrected chi connectivity index (χ0v) is 19.1. The fourth-order valence-electron chi connectivity index (χ4n) is 4.15. The molecule has 4 aromatic carbocycles. The molecule has 0 aliphatic carbocycles. The molecule has 5 aromatic rings. The number of H-pyrrole nitrogens is 1. The number of para-hydroxylation sites is 1. The minimum Gasteiger partial charge on any atom is -0.310 e. The van der Waals surface area contributed by atoms with E-state index in [-0.39, 0.29) is 0 Å². The fraction of sp³-hybridized carbons (Fsp3) is 0.0357. The predicted octanol–water partition coefficient (Wildman–Crippen LogP) is 5.67. The van der Waals surface area contributed by atoms with Gasteiger partial charge in [0.1, 0.15) is 6.33 Å². The summed E-state index contributed by atoms with van der Waals surface area (Å²) in [7, 11) is 0. The Morgan fingerprint density at radius 1 is 0.861 bits per heavy atom. The first kappa shape index (κ1) is 22.8.